The first-order valence-electron chi connectivity index (χ1n) is 9.91. The predicted octanol–water partition coefficient (Wildman–Crippen LogP) is 5.72. The van der Waals surface area contributed by atoms with E-state index in [4.69, 9.17) is 0 Å². The van der Waals surface area contributed by atoms with Crippen molar-refractivity contribution in [1.29, 1.82) is 0 Å². The van der Waals surface area contributed by atoms with Gasteiger partial charge in [0.05, 0.1) is 14.9 Å². The van der Waals surface area contributed by atoms with Gasteiger partial charge in [0.1, 0.15) is 10.0 Å². The molecule has 2 rings (SSSR count). The van der Waals surface area contributed by atoms with Gasteiger partial charge in [-0.05, 0) is 34.7 Å². The number of benzene rings is 2. The lowest BCUT2D eigenvalue weighted by Gasteiger charge is -2.22. The summed E-state index contributed by atoms with van der Waals surface area (Å²) in [7, 11) is -8.34. The Balaban J connectivity index is 2.19. The molecule has 5 nitrogen and oxygen atoms in total. The normalized spacial score (nSPS) is 12.7. The van der Waals surface area contributed by atoms with Crippen LogP contribution in [0.25, 0.3) is 14.9 Å². The highest BCUT2D eigenvalue weighted by atomic mass is 32.3. The number of nitrogens with zero attached hydrogens (tertiary/aromatic N) is 1. The monoisotopic (exact) mass is 424 g/mol. The molecular formula is C21H30NO4S2-. The van der Waals surface area contributed by atoms with Crippen LogP contribution in [0.5, 0.6) is 0 Å². The van der Waals surface area contributed by atoms with Gasteiger partial charge in [-0.3, -0.25) is 0 Å². The summed E-state index contributed by atoms with van der Waals surface area (Å²) in [5.74, 6) is -0.0181. The first-order chi connectivity index (χ1) is 13.2. The maximum absolute atomic E-state index is 12.8. The SMILES string of the molecule is CCCCCCCCS(=O)(=O)[N-]S(=O)(=O)c1cccc2c(C(C)C)cccc12. The Morgan fingerprint density at radius 1 is 0.821 bits per heavy atom. The van der Waals surface area contributed by atoms with Gasteiger partial charge in [0, 0.05) is 5.75 Å². The zero-order chi connectivity index (χ0) is 20.8. The van der Waals surface area contributed by atoms with Crippen molar-refractivity contribution in [2.24, 2.45) is 0 Å². The highest BCUT2D eigenvalue weighted by Crippen LogP contribution is 2.32. The molecule has 28 heavy (non-hydrogen) atoms. The van der Waals surface area contributed by atoms with Crippen LogP contribution in [0.15, 0.2) is 41.3 Å². The van der Waals surface area contributed by atoms with Crippen molar-refractivity contribution in [2.45, 2.75) is 70.1 Å². The summed E-state index contributed by atoms with van der Waals surface area (Å²) in [6.45, 7) is 6.18. The summed E-state index contributed by atoms with van der Waals surface area (Å²) in [4.78, 5) is -0.0565. The maximum Gasteiger partial charge on any atom is 0.112 e. The van der Waals surface area contributed by atoms with E-state index in [9.17, 15) is 16.8 Å². The zero-order valence-electron chi connectivity index (χ0n) is 16.9. The lowest BCUT2D eigenvalue weighted by Crippen LogP contribution is -2.11. The quantitative estimate of drug-likeness (QED) is 0.432. The summed E-state index contributed by atoms with van der Waals surface area (Å²) >= 11 is 0. The fraction of sp³-hybridized carbons (Fsp3) is 0.524. The topological polar surface area (TPSA) is 82.4 Å². The van der Waals surface area contributed by atoms with Crippen LogP contribution in [-0.4, -0.2) is 22.6 Å². The lowest BCUT2D eigenvalue weighted by atomic mass is 9.96. The van der Waals surface area contributed by atoms with Crippen molar-refractivity contribution >= 4 is 30.8 Å². The molecule has 156 valence electrons. The molecule has 0 atom stereocenters. The molecule has 0 N–H and O–H groups in total. The third kappa shape index (κ3) is 6.03. The largest absolute Gasteiger partial charge is 0.432 e. The fourth-order valence-electron chi connectivity index (χ4n) is 3.33. The Kier molecular flexibility index (Phi) is 8.04. The summed E-state index contributed by atoms with van der Waals surface area (Å²) in [6.07, 6.45) is 5.47. The van der Waals surface area contributed by atoms with Gasteiger partial charge in [0.25, 0.3) is 0 Å². The van der Waals surface area contributed by atoms with E-state index >= 15 is 0 Å². The van der Waals surface area contributed by atoms with Crippen molar-refractivity contribution < 1.29 is 16.8 Å². The summed E-state index contributed by atoms with van der Waals surface area (Å²) in [5, 5.41) is 1.31. The average molecular weight is 425 g/mol. The minimum absolute atomic E-state index is 0.0565. The van der Waals surface area contributed by atoms with E-state index in [1.165, 1.54) is 6.07 Å². The Morgan fingerprint density at radius 3 is 2.11 bits per heavy atom. The molecule has 0 aliphatic rings. The van der Waals surface area contributed by atoms with Crippen LogP contribution >= 0.6 is 0 Å². The molecule has 0 fully saturated rings. The van der Waals surface area contributed by atoms with Gasteiger partial charge < -0.3 is 4.13 Å². The Morgan fingerprint density at radius 2 is 1.43 bits per heavy atom. The number of hydrogen-bond acceptors (Lipinski definition) is 4. The van der Waals surface area contributed by atoms with Crippen LogP contribution in [0.3, 0.4) is 0 Å². The van der Waals surface area contributed by atoms with Crippen molar-refractivity contribution in [3.63, 3.8) is 0 Å². The van der Waals surface area contributed by atoms with E-state index in [2.05, 4.69) is 11.1 Å². The molecule has 2 aromatic rings. The molecule has 7 heteroatoms. The standard InChI is InChI=1S/C21H30NO4S2/c1-4-5-6-7-8-9-16-27(23,24)22-28(25,26)21-15-11-13-19-18(17(2)3)12-10-14-20(19)21/h10-15,17H,4-9,16H2,1-3H3/q-1. The molecule has 2 aromatic carbocycles. The first kappa shape index (κ1) is 22.8. The summed E-state index contributed by atoms with van der Waals surface area (Å²) < 4.78 is 53.4. The van der Waals surface area contributed by atoms with Crippen molar-refractivity contribution in [3.05, 3.63) is 46.1 Å². The second-order valence-corrected chi connectivity index (χ2v) is 11.0. The molecule has 0 heterocycles. The number of rotatable bonds is 11. The average Bonchev–Trinajstić information content (AvgIpc) is 2.62. The van der Waals surface area contributed by atoms with Gasteiger partial charge in [-0.25, -0.2) is 16.8 Å². The third-order valence-electron chi connectivity index (χ3n) is 4.78. The van der Waals surface area contributed by atoms with Gasteiger partial charge in [-0.15, -0.1) is 0 Å². The van der Waals surface area contributed by atoms with Crippen molar-refractivity contribution in [2.75, 3.05) is 5.75 Å². The molecule has 0 aliphatic heterocycles. The number of hydrogen-bond donors (Lipinski definition) is 0. The molecule has 0 saturated heterocycles. The molecule has 0 radical (unpaired) electrons. The van der Waals surface area contributed by atoms with Crippen molar-refractivity contribution in [3.8, 4) is 0 Å². The second kappa shape index (κ2) is 9.85. The molecule has 0 amide bonds. The molecule has 0 spiro atoms. The Bertz CT molecular complexity index is 996. The fourth-order valence-corrected chi connectivity index (χ4v) is 6.42. The number of unbranched alkanes of at least 4 members (excludes halogenated alkanes) is 5. The smallest absolute Gasteiger partial charge is 0.112 e. The minimum atomic E-state index is -4.30. The van der Waals surface area contributed by atoms with Crippen LogP contribution in [0.2, 0.25) is 0 Å². The van der Waals surface area contributed by atoms with Gasteiger partial charge in [0.15, 0.2) is 0 Å². The van der Waals surface area contributed by atoms with Crippen molar-refractivity contribution in [1.82, 2.24) is 0 Å². The van der Waals surface area contributed by atoms with E-state index in [0.29, 0.717) is 11.8 Å². The van der Waals surface area contributed by atoms with Crippen LogP contribution < -0.4 is 0 Å². The van der Waals surface area contributed by atoms with E-state index in [1.54, 1.807) is 18.2 Å². The van der Waals surface area contributed by atoms with E-state index in [-0.39, 0.29) is 16.6 Å². The van der Waals surface area contributed by atoms with Gasteiger partial charge in [-0.2, -0.15) is 0 Å². The molecule has 0 aromatic heterocycles. The first-order valence-corrected chi connectivity index (χ1v) is 13.0. The van der Waals surface area contributed by atoms with Gasteiger partial charge >= 0.3 is 0 Å². The summed E-state index contributed by atoms with van der Waals surface area (Å²) in [5.41, 5.74) is 1.02. The zero-order valence-corrected chi connectivity index (χ0v) is 18.5. The number of sulfonamides is 2. The second-order valence-electron chi connectivity index (χ2n) is 7.46. The van der Waals surface area contributed by atoms with E-state index < -0.39 is 20.0 Å². The highest BCUT2D eigenvalue weighted by molar-refractivity contribution is 8.12. The molecule has 0 aliphatic carbocycles. The molecule has 0 unspecified atom stereocenters. The van der Waals surface area contributed by atoms with Crippen LogP contribution in [0.1, 0.15) is 70.8 Å². The van der Waals surface area contributed by atoms with E-state index in [0.717, 1.165) is 43.1 Å². The van der Waals surface area contributed by atoms with Crippen LogP contribution in [0, 0.1) is 0 Å². The third-order valence-corrected chi connectivity index (χ3v) is 8.19. The Labute approximate surface area is 169 Å². The minimum Gasteiger partial charge on any atom is -0.432 e. The van der Waals surface area contributed by atoms with E-state index in [1.807, 2.05) is 26.0 Å². The van der Waals surface area contributed by atoms with Gasteiger partial charge in [0.2, 0.25) is 0 Å². The Hall–Kier alpha value is -1.44. The molecule has 0 saturated carbocycles. The maximum atomic E-state index is 12.8. The van der Waals surface area contributed by atoms with Crippen LogP contribution in [0.4, 0.5) is 0 Å². The molecule has 0 bridgehead atoms. The highest BCUT2D eigenvalue weighted by Gasteiger charge is 2.16. The molecular weight excluding hydrogens is 394 g/mol. The summed E-state index contributed by atoms with van der Waals surface area (Å²) in [6, 6.07) is 10.4. The predicted molar refractivity (Wildman–Crippen MR) is 116 cm³/mol. The van der Waals surface area contributed by atoms with Gasteiger partial charge in [-0.1, -0.05) is 83.2 Å². The van der Waals surface area contributed by atoms with Crippen LogP contribution in [-0.2, 0) is 20.0 Å². The lowest BCUT2D eigenvalue weighted by molar-refractivity contribution is 0.587. The number of fused-ring (bicyclic) bond motifs is 1.